The summed E-state index contributed by atoms with van der Waals surface area (Å²) in [7, 11) is 0. The number of carbonyl (C=O) groups is 3. The third-order valence-electron chi connectivity index (χ3n) is 2.95. The van der Waals surface area contributed by atoms with Crippen molar-refractivity contribution in [1.82, 2.24) is 0 Å². The second kappa shape index (κ2) is 38.1. The SMILES string of the molecule is CCCCCC(=O)[O-].CCCCCC(=O)[O-].CCCCCC(=O)[O-].[Na+].[Na+].[Na+]. The van der Waals surface area contributed by atoms with Gasteiger partial charge in [0.15, 0.2) is 0 Å². The van der Waals surface area contributed by atoms with Gasteiger partial charge in [0.25, 0.3) is 0 Å². The van der Waals surface area contributed by atoms with Gasteiger partial charge >= 0.3 is 88.7 Å². The normalized spacial score (nSPS) is 8.11. The van der Waals surface area contributed by atoms with Gasteiger partial charge in [-0.3, -0.25) is 0 Å². The first kappa shape index (κ1) is 42.5. The summed E-state index contributed by atoms with van der Waals surface area (Å²) in [6.45, 7) is 6.11. The molecule has 0 saturated carbocycles. The van der Waals surface area contributed by atoms with Crippen molar-refractivity contribution >= 4 is 17.9 Å². The summed E-state index contributed by atoms with van der Waals surface area (Å²) < 4.78 is 0. The van der Waals surface area contributed by atoms with Crippen LogP contribution in [0.3, 0.4) is 0 Å². The molecular weight excluding hydrogens is 381 g/mol. The Hall–Kier alpha value is 1.41. The Morgan fingerprint density at radius 3 is 0.778 bits per heavy atom. The van der Waals surface area contributed by atoms with E-state index in [2.05, 4.69) is 0 Å². The van der Waals surface area contributed by atoms with E-state index in [1.54, 1.807) is 0 Å². The van der Waals surface area contributed by atoms with E-state index in [1.807, 2.05) is 20.8 Å². The topological polar surface area (TPSA) is 120 Å². The Balaban J connectivity index is -0.0000000580. The van der Waals surface area contributed by atoms with Crippen molar-refractivity contribution in [2.24, 2.45) is 0 Å². The van der Waals surface area contributed by atoms with Crippen LogP contribution in [0.15, 0.2) is 0 Å². The molecule has 0 aromatic heterocycles. The molecule has 6 nitrogen and oxygen atoms in total. The maximum absolute atomic E-state index is 9.76. The molecule has 0 unspecified atom stereocenters. The Morgan fingerprint density at radius 1 is 0.481 bits per heavy atom. The van der Waals surface area contributed by atoms with Crippen LogP contribution in [-0.2, 0) is 14.4 Å². The van der Waals surface area contributed by atoms with E-state index < -0.39 is 17.9 Å². The van der Waals surface area contributed by atoms with Crippen LogP contribution in [0.2, 0.25) is 0 Å². The smallest absolute Gasteiger partial charge is 0.550 e. The van der Waals surface area contributed by atoms with E-state index in [9.17, 15) is 29.7 Å². The van der Waals surface area contributed by atoms with Gasteiger partial charge in [-0.05, 0) is 38.5 Å². The molecule has 0 rings (SSSR count). The van der Waals surface area contributed by atoms with Gasteiger partial charge < -0.3 is 29.7 Å². The van der Waals surface area contributed by atoms with E-state index in [1.165, 1.54) is 0 Å². The molecule has 0 spiro atoms. The second-order valence-corrected chi connectivity index (χ2v) is 5.49. The predicted octanol–water partition coefficient (Wildman–Crippen LogP) is -8.04. The quantitative estimate of drug-likeness (QED) is 0.231. The van der Waals surface area contributed by atoms with Crippen molar-refractivity contribution in [1.29, 1.82) is 0 Å². The number of hydrogen-bond acceptors (Lipinski definition) is 6. The summed E-state index contributed by atoms with van der Waals surface area (Å²) in [6.07, 6.45) is 9.11. The minimum Gasteiger partial charge on any atom is -0.550 e. The zero-order valence-electron chi connectivity index (χ0n) is 18.4. The van der Waals surface area contributed by atoms with Gasteiger partial charge in [-0.2, -0.15) is 0 Å². The van der Waals surface area contributed by atoms with Crippen LogP contribution < -0.4 is 104 Å². The van der Waals surface area contributed by atoms with Crippen molar-refractivity contribution < 1.29 is 118 Å². The van der Waals surface area contributed by atoms with Gasteiger partial charge in [0.1, 0.15) is 0 Å². The van der Waals surface area contributed by atoms with Gasteiger partial charge in [0.2, 0.25) is 0 Å². The first-order chi connectivity index (χ1) is 11.3. The standard InChI is InChI=1S/3C6H12O2.3Na/c3*1-2-3-4-5-6(7)8;;;/h3*2-5H2,1H3,(H,7,8);;;/q;;;3*+1/p-3. The molecule has 0 N–H and O–H groups in total. The minimum atomic E-state index is -0.932. The number of rotatable bonds is 12. The molecule has 0 bridgehead atoms. The first-order valence-electron chi connectivity index (χ1n) is 8.91. The van der Waals surface area contributed by atoms with Gasteiger partial charge in [0, 0.05) is 17.9 Å². The Bertz CT molecular complexity index is 268. The third kappa shape index (κ3) is 65.7. The van der Waals surface area contributed by atoms with Gasteiger partial charge in [-0.1, -0.05) is 59.3 Å². The molecule has 0 heterocycles. The summed E-state index contributed by atoms with van der Waals surface area (Å²) >= 11 is 0. The summed E-state index contributed by atoms with van der Waals surface area (Å²) in [6, 6.07) is 0. The molecule has 0 aromatic carbocycles. The van der Waals surface area contributed by atoms with Crippen molar-refractivity contribution in [2.75, 3.05) is 0 Å². The second-order valence-electron chi connectivity index (χ2n) is 5.49. The average Bonchev–Trinajstić information content (AvgIpc) is 2.48. The van der Waals surface area contributed by atoms with E-state index >= 15 is 0 Å². The third-order valence-corrected chi connectivity index (χ3v) is 2.95. The van der Waals surface area contributed by atoms with Crippen molar-refractivity contribution in [2.45, 2.75) is 97.8 Å². The largest absolute Gasteiger partial charge is 1.00 e. The summed E-state index contributed by atoms with van der Waals surface area (Å²) in [4.78, 5) is 29.3. The number of carbonyl (C=O) groups excluding carboxylic acids is 3. The first-order valence-corrected chi connectivity index (χ1v) is 8.91. The molecule has 0 aliphatic carbocycles. The molecule has 0 fully saturated rings. The molecule has 144 valence electrons. The van der Waals surface area contributed by atoms with Crippen molar-refractivity contribution in [3.8, 4) is 0 Å². The molecule has 0 aliphatic rings. The maximum atomic E-state index is 9.76. The van der Waals surface area contributed by atoms with E-state index in [4.69, 9.17) is 0 Å². The Kier molecular flexibility index (Phi) is 59.9. The van der Waals surface area contributed by atoms with E-state index in [-0.39, 0.29) is 108 Å². The maximum Gasteiger partial charge on any atom is 1.00 e. The fourth-order valence-corrected chi connectivity index (χ4v) is 1.56. The van der Waals surface area contributed by atoms with E-state index in [0.717, 1.165) is 57.8 Å². The Morgan fingerprint density at radius 2 is 0.667 bits per heavy atom. The fraction of sp³-hybridized carbons (Fsp3) is 0.833. The molecule has 0 atom stereocenters. The van der Waals surface area contributed by atoms with Crippen LogP contribution >= 0.6 is 0 Å². The summed E-state index contributed by atoms with van der Waals surface area (Å²) in [5.74, 6) is -2.80. The molecule has 0 radical (unpaired) electrons. The van der Waals surface area contributed by atoms with Crippen LogP contribution in [0.4, 0.5) is 0 Å². The number of aliphatic carboxylic acids is 3. The molecule has 9 heteroatoms. The predicted molar refractivity (Wildman–Crippen MR) is 87.4 cm³/mol. The molecule has 0 aromatic rings. The summed E-state index contributed by atoms with van der Waals surface area (Å²) in [5.41, 5.74) is 0. The zero-order valence-corrected chi connectivity index (χ0v) is 24.4. The molecular formula is C18H33Na3O6. The number of unbranched alkanes of at least 4 members (excludes halogenated alkanes) is 6. The zero-order chi connectivity index (χ0) is 19.2. The average molecular weight is 414 g/mol. The number of carboxylic acids is 3. The van der Waals surface area contributed by atoms with Crippen molar-refractivity contribution in [3.63, 3.8) is 0 Å². The fourth-order valence-electron chi connectivity index (χ4n) is 1.56. The van der Waals surface area contributed by atoms with Crippen LogP contribution in [-0.4, -0.2) is 17.9 Å². The molecule has 27 heavy (non-hydrogen) atoms. The molecule has 0 aliphatic heterocycles. The minimum absolute atomic E-state index is 0. The molecule has 0 saturated heterocycles. The van der Waals surface area contributed by atoms with Crippen LogP contribution in [0.25, 0.3) is 0 Å². The van der Waals surface area contributed by atoms with Crippen LogP contribution in [0.5, 0.6) is 0 Å². The van der Waals surface area contributed by atoms with Gasteiger partial charge in [-0.15, -0.1) is 0 Å². The van der Waals surface area contributed by atoms with E-state index in [0.29, 0.717) is 0 Å². The Labute approximate surface area is 231 Å². The number of carboxylic acid groups (broad SMARTS) is 3. The monoisotopic (exact) mass is 414 g/mol. The summed E-state index contributed by atoms with van der Waals surface area (Å²) in [5, 5.41) is 29.3. The van der Waals surface area contributed by atoms with Crippen LogP contribution in [0.1, 0.15) is 97.8 Å². The number of hydrogen-bond donors (Lipinski definition) is 0. The van der Waals surface area contributed by atoms with Gasteiger partial charge in [-0.25, -0.2) is 0 Å². The van der Waals surface area contributed by atoms with Crippen molar-refractivity contribution in [3.05, 3.63) is 0 Å². The van der Waals surface area contributed by atoms with Gasteiger partial charge in [0.05, 0.1) is 0 Å². The van der Waals surface area contributed by atoms with Crippen LogP contribution in [0, 0.1) is 0 Å². The molecule has 0 amide bonds.